The Kier molecular flexibility index (Phi) is 34.0. The molecule has 0 aliphatic carbocycles. The number of benzene rings is 9. The standard InChI is InChI=1S/C17H17NO2S.2C16H16N2O2S.C9H9BrO2.C8H9NS.C6H7NS.C2H4Br2/c1-20-17(19)14-8-6-13(7-9-14)12-18-10-11-21-16-5-3-2-4-15(16)18;2*19-16(17-20)13-7-5-12(6-8-13)11-18-9-10-21-15-4-2-1-3-14(15)18;1-12-9(11)8-4-2-7(6-10)3-5-8;1-2-4-8-7(3-1)9-5-6-10-8;7-5-3-1-2-4-6(5)8;3-1-2-4/h2-9H,10-12H2,1H3;2*1-8,20H,9-11H2,(H,17,19);2-5H,6H2,1H3;1-4,9H,5-6H2;1-4,8H,7H2;1-2H2. The van der Waals surface area contributed by atoms with E-state index in [4.69, 9.17) is 20.9 Å². The molecule has 13 rings (SSSR count). The fourth-order valence-corrected chi connectivity index (χ4v) is 14.4. The maximum atomic E-state index is 11.4. The Labute approximate surface area is 616 Å². The highest BCUT2D eigenvalue weighted by atomic mass is 79.9. The summed E-state index contributed by atoms with van der Waals surface area (Å²) in [5, 5.41) is 23.5. The van der Waals surface area contributed by atoms with E-state index in [1.54, 1.807) is 47.4 Å². The van der Waals surface area contributed by atoms with Crippen molar-refractivity contribution in [1.29, 1.82) is 0 Å². The number of anilines is 5. The Morgan fingerprint density at radius 1 is 0.454 bits per heavy atom. The molecule has 4 aliphatic heterocycles. The number of methoxy groups -OCH3 is 2. The third kappa shape index (κ3) is 25.0. The SMILES string of the molecule is BrCCBr.COC(=O)c1ccc(CBr)cc1.COC(=O)c1ccc(CN2CCSc3ccccc32)cc1.Nc1ccccc1S.O=C(NO)c1ccc(CN2CCSc3ccccc32)cc1.O=C(NO)c1ccc(CN2CCSc3ccccc32)cc1.c1ccc2c(c1)NCCS2. The molecule has 0 spiro atoms. The molecule has 4 heterocycles. The molecule has 0 fully saturated rings. The fourth-order valence-electron chi connectivity index (χ4n) is 9.77. The van der Waals surface area contributed by atoms with Gasteiger partial charge in [-0.05, 0) is 131 Å². The largest absolute Gasteiger partial charge is 0.465 e. The first-order valence-electron chi connectivity index (χ1n) is 30.8. The lowest BCUT2D eigenvalue weighted by molar-refractivity contribution is 0.0592. The van der Waals surface area contributed by atoms with Crippen LogP contribution in [0.1, 0.15) is 63.7 Å². The summed E-state index contributed by atoms with van der Waals surface area (Å²) in [5.74, 6) is 2.91. The number of para-hydroxylation sites is 5. The molecule has 0 unspecified atom stereocenters. The van der Waals surface area contributed by atoms with Crippen molar-refractivity contribution in [3.63, 3.8) is 0 Å². The topological polar surface area (TPSA) is 199 Å². The smallest absolute Gasteiger partial charge is 0.337 e. The van der Waals surface area contributed by atoms with Gasteiger partial charge >= 0.3 is 11.9 Å². The van der Waals surface area contributed by atoms with Crippen molar-refractivity contribution >= 4 is 160 Å². The fraction of sp³-hybridized carbons (Fsp3) is 0.216. The highest BCUT2D eigenvalue weighted by molar-refractivity contribution is 9.12. The zero-order valence-electron chi connectivity index (χ0n) is 53.7. The first-order chi connectivity index (χ1) is 47.3. The minimum atomic E-state index is -0.485. The van der Waals surface area contributed by atoms with Crippen LogP contribution in [-0.2, 0) is 34.4 Å². The first-order valence-corrected chi connectivity index (χ1v) is 38.5. The first kappa shape index (κ1) is 77.3. The third-order valence-corrected chi connectivity index (χ3v) is 21.8. The Hall–Kier alpha value is -7.03. The number of nitrogens with two attached hydrogens (primary N) is 1. The summed E-state index contributed by atoms with van der Waals surface area (Å²) in [6.07, 6.45) is 0. The number of rotatable bonds is 12. The Morgan fingerprint density at radius 3 is 1.11 bits per heavy atom. The van der Waals surface area contributed by atoms with E-state index in [1.165, 1.54) is 67.9 Å². The van der Waals surface area contributed by atoms with Gasteiger partial charge in [0.25, 0.3) is 11.8 Å². The Bertz CT molecular complexity index is 3590. The van der Waals surface area contributed by atoms with E-state index in [9.17, 15) is 19.2 Å². The molecule has 0 aromatic heterocycles. The number of ether oxygens (including phenoxy) is 2. The van der Waals surface area contributed by atoms with Crippen molar-refractivity contribution in [2.24, 2.45) is 0 Å². The number of thioether (sulfide) groups is 4. The van der Waals surface area contributed by atoms with Crippen LogP contribution in [0, 0.1) is 0 Å². The van der Waals surface area contributed by atoms with Gasteiger partial charge in [-0.25, -0.2) is 20.5 Å². The number of nitrogens with one attached hydrogen (secondary N) is 3. The zero-order chi connectivity index (χ0) is 69.2. The number of carbonyl (C=O) groups is 4. The quantitative estimate of drug-likeness (QED) is 0.0152. The van der Waals surface area contributed by atoms with Gasteiger partial charge in [-0.2, -0.15) is 0 Å². The number of carbonyl (C=O) groups excluding carboxylic acids is 4. The third-order valence-electron chi connectivity index (χ3n) is 14.7. The van der Waals surface area contributed by atoms with Gasteiger partial charge in [-0.1, -0.05) is 157 Å². The van der Waals surface area contributed by atoms with Crippen LogP contribution in [0.3, 0.4) is 0 Å². The lowest BCUT2D eigenvalue weighted by Gasteiger charge is -2.30. The van der Waals surface area contributed by atoms with Crippen LogP contribution in [0.4, 0.5) is 28.4 Å². The minimum Gasteiger partial charge on any atom is -0.465 e. The second-order valence-corrected chi connectivity index (χ2v) is 28.4. The molecule has 7 N–H and O–H groups in total. The highest BCUT2D eigenvalue weighted by Crippen LogP contribution is 2.38. The number of hydroxylamine groups is 2. The molecule has 23 heteroatoms. The Morgan fingerprint density at radius 2 is 0.784 bits per heavy atom. The van der Waals surface area contributed by atoms with Gasteiger partial charge in [0, 0.05) is 132 Å². The van der Waals surface area contributed by atoms with E-state index < -0.39 is 11.8 Å². The van der Waals surface area contributed by atoms with E-state index in [-0.39, 0.29) is 11.9 Å². The number of nitrogen functional groups attached to an aromatic ring is 1. The molecular weight excluding hydrogens is 1510 g/mol. The molecule has 0 saturated heterocycles. The minimum absolute atomic E-state index is 0.290. The molecule has 0 atom stereocenters. The Balaban J connectivity index is 0.000000167. The molecule has 97 heavy (non-hydrogen) atoms. The van der Waals surface area contributed by atoms with Crippen molar-refractivity contribution in [2.75, 3.05) is 99.8 Å². The van der Waals surface area contributed by atoms with Crippen LogP contribution in [0.5, 0.6) is 0 Å². The number of alkyl halides is 3. The number of hydrogen-bond acceptors (Lipinski definition) is 18. The summed E-state index contributed by atoms with van der Waals surface area (Å²) in [6.45, 7) is 6.67. The lowest BCUT2D eigenvalue weighted by atomic mass is 10.1. The predicted molar refractivity (Wildman–Crippen MR) is 416 cm³/mol. The molecular formula is C74H78Br3N7O8S5. The monoisotopic (exact) mass is 1590 g/mol. The van der Waals surface area contributed by atoms with Gasteiger partial charge in [0.1, 0.15) is 0 Å². The average molecular weight is 1590 g/mol. The number of nitrogens with zero attached hydrogens (tertiary/aromatic N) is 3. The van der Waals surface area contributed by atoms with Gasteiger partial charge in [0.2, 0.25) is 0 Å². The van der Waals surface area contributed by atoms with Crippen molar-refractivity contribution < 1.29 is 39.1 Å². The molecule has 4 aliphatic rings. The number of esters is 2. The molecule has 15 nitrogen and oxygen atoms in total. The normalized spacial score (nSPS) is 12.7. The summed E-state index contributed by atoms with van der Waals surface area (Å²) in [4.78, 5) is 58.3. The maximum absolute atomic E-state index is 11.4. The second-order valence-electron chi connectivity index (χ2n) is 21.2. The lowest BCUT2D eigenvalue weighted by Crippen LogP contribution is -2.28. The average Bonchev–Trinajstić information content (AvgIpc) is 0.961. The summed E-state index contributed by atoms with van der Waals surface area (Å²) < 4.78 is 9.28. The second kappa shape index (κ2) is 42.7. The van der Waals surface area contributed by atoms with Crippen molar-refractivity contribution in [1.82, 2.24) is 11.0 Å². The number of amides is 2. The van der Waals surface area contributed by atoms with E-state index in [1.807, 2.05) is 132 Å². The predicted octanol–water partition coefficient (Wildman–Crippen LogP) is 17.3. The van der Waals surface area contributed by atoms with Crippen molar-refractivity contribution in [3.05, 3.63) is 263 Å². The number of thiol groups is 1. The summed E-state index contributed by atoms with van der Waals surface area (Å²) in [5.41, 5.74) is 21.3. The number of fused-ring (bicyclic) bond motifs is 4. The molecule has 9 aromatic carbocycles. The van der Waals surface area contributed by atoms with Gasteiger partial charge in [-0.15, -0.1) is 59.7 Å². The van der Waals surface area contributed by atoms with Crippen LogP contribution in [0.15, 0.2) is 243 Å². The summed E-state index contributed by atoms with van der Waals surface area (Å²) in [7, 11) is 2.78. The highest BCUT2D eigenvalue weighted by Gasteiger charge is 2.20. The van der Waals surface area contributed by atoms with Gasteiger partial charge in [0.05, 0.1) is 42.4 Å². The molecule has 9 aromatic rings. The van der Waals surface area contributed by atoms with E-state index in [2.05, 4.69) is 182 Å². The molecule has 0 bridgehead atoms. The van der Waals surface area contributed by atoms with Gasteiger partial charge < -0.3 is 35.2 Å². The maximum Gasteiger partial charge on any atom is 0.337 e. The van der Waals surface area contributed by atoms with Gasteiger partial charge in [0.15, 0.2) is 0 Å². The van der Waals surface area contributed by atoms with Crippen LogP contribution in [0.25, 0.3) is 0 Å². The number of hydrogen-bond donors (Lipinski definition) is 7. The molecule has 508 valence electrons. The molecule has 2 amide bonds. The zero-order valence-corrected chi connectivity index (χ0v) is 62.6. The van der Waals surface area contributed by atoms with Crippen LogP contribution in [0.2, 0.25) is 0 Å². The van der Waals surface area contributed by atoms with Crippen molar-refractivity contribution in [3.8, 4) is 0 Å². The van der Waals surface area contributed by atoms with Crippen LogP contribution in [-0.4, -0.2) is 108 Å². The van der Waals surface area contributed by atoms with Crippen molar-refractivity contribution in [2.45, 2.75) is 49.4 Å². The van der Waals surface area contributed by atoms with Crippen LogP contribution >= 0.6 is 107 Å². The van der Waals surface area contributed by atoms with E-state index in [0.29, 0.717) is 22.3 Å². The van der Waals surface area contributed by atoms with E-state index >= 15 is 0 Å². The summed E-state index contributed by atoms with van der Waals surface area (Å²) in [6, 6.07) is 70.8. The number of halogens is 3. The molecule has 0 saturated carbocycles. The summed E-state index contributed by atoms with van der Waals surface area (Å²) >= 11 is 21.4. The van der Waals surface area contributed by atoms with E-state index in [0.717, 1.165) is 106 Å². The van der Waals surface area contributed by atoms with Crippen LogP contribution < -0.4 is 36.7 Å². The molecule has 0 radical (unpaired) electrons. The van der Waals surface area contributed by atoms with Gasteiger partial charge in [-0.3, -0.25) is 20.0 Å².